The average Bonchev–Trinajstić information content (AvgIpc) is 2.72. The standard InChI is InChI=1S/C10H10ClN5O2/c1-16-14-9(13-15-16)5-18-10(17)7-3-2-6(12)4-8(7)11/h2-4H,5,12H2,1H3. The zero-order valence-corrected chi connectivity index (χ0v) is 10.3. The van der Waals surface area contributed by atoms with E-state index in [4.69, 9.17) is 22.1 Å². The molecule has 0 saturated heterocycles. The molecule has 2 aromatic rings. The van der Waals surface area contributed by atoms with Gasteiger partial charge in [-0.3, -0.25) is 0 Å². The van der Waals surface area contributed by atoms with Crippen LogP contribution in [0.3, 0.4) is 0 Å². The average molecular weight is 268 g/mol. The zero-order chi connectivity index (χ0) is 13.1. The van der Waals surface area contributed by atoms with E-state index in [1.165, 1.54) is 16.9 Å². The highest BCUT2D eigenvalue weighted by molar-refractivity contribution is 6.33. The Morgan fingerprint density at radius 3 is 2.94 bits per heavy atom. The van der Waals surface area contributed by atoms with Crippen molar-refractivity contribution < 1.29 is 9.53 Å². The largest absolute Gasteiger partial charge is 0.454 e. The number of benzene rings is 1. The third kappa shape index (κ3) is 2.75. The summed E-state index contributed by atoms with van der Waals surface area (Å²) < 4.78 is 5.01. The second kappa shape index (κ2) is 5.01. The summed E-state index contributed by atoms with van der Waals surface area (Å²) in [6, 6.07) is 4.56. The number of anilines is 1. The number of nitrogen functional groups attached to an aromatic ring is 1. The Balaban J connectivity index is 2.03. The predicted molar refractivity (Wildman–Crippen MR) is 63.8 cm³/mol. The Bertz CT molecular complexity index is 583. The molecular weight excluding hydrogens is 258 g/mol. The molecule has 2 rings (SSSR count). The molecule has 1 aromatic heterocycles. The zero-order valence-electron chi connectivity index (χ0n) is 9.50. The molecule has 2 N–H and O–H groups in total. The maximum absolute atomic E-state index is 11.7. The number of ether oxygens (including phenoxy) is 1. The molecular formula is C10H10ClN5O2. The molecule has 8 heteroatoms. The lowest BCUT2D eigenvalue weighted by molar-refractivity contribution is 0.0462. The topological polar surface area (TPSA) is 95.9 Å². The van der Waals surface area contributed by atoms with Crippen molar-refractivity contribution in [2.45, 2.75) is 6.61 Å². The van der Waals surface area contributed by atoms with Crippen molar-refractivity contribution in [2.24, 2.45) is 7.05 Å². The van der Waals surface area contributed by atoms with Gasteiger partial charge in [0.2, 0.25) is 5.82 Å². The number of nitrogens with zero attached hydrogens (tertiary/aromatic N) is 4. The van der Waals surface area contributed by atoms with Gasteiger partial charge in [-0.2, -0.15) is 4.80 Å². The molecule has 7 nitrogen and oxygen atoms in total. The lowest BCUT2D eigenvalue weighted by Gasteiger charge is -2.04. The van der Waals surface area contributed by atoms with Crippen LogP contribution in [0, 0.1) is 0 Å². The number of aromatic nitrogens is 4. The summed E-state index contributed by atoms with van der Waals surface area (Å²) in [4.78, 5) is 13.0. The van der Waals surface area contributed by atoms with Crippen molar-refractivity contribution in [3.05, 3.63) is 34.6 Å². The van der Waals surface area contributed by atoms with Crippen molar-refractivity contribution in [3.8, 4) is 0 Å². The van der Waals surface area contributed by atoms with Gasteiger partial charge >= 0.3 is 5.97 Å². The summed E-state index contributed by atoms with van der Waals surface area (Å²) in [5, 5.41) is 11.4. The molecule has 0 aliphatic rings. The van der Waals surface area contributed by atoms with E-state index in [0.29, 0.717) is 11.5 Å². The molecule has 0 fully saturated rings. The number of esters is 1. The first-order valence-corrected chi connectivity index (χ1v) is 5.39. The van der Waals surface area contributed by atoms with Gasteiger partial charge in [-0.15, -0.1) is 10.2 Å². The number of halogens is 1. The smallest absolute Gasteiger partial charge is 0.340 e. The van der Waals surface area contributed by atoms with E-state index in [1.807, 2.05) is 0 Å². The molecule has 0 radical (unpaired) electrons. The van der Waals surface area contributed by atoms with Gasteiger partial charge in [0.1, 0.15) is 0 Å². The first kappa shape index (κ1) is 12.3. The summed E-state index contributed by atoms with van der Waals surface area (Å²) in [7, 11) is 1.62. The number of tetrazole rings is 1. The summed E-state index contributed by atoms with van der Waals surface area (Å²) in [6.07, 6.45) is 0. The van der Waals surface area contributed by atoms with Crippen LogP contribution in [0.2, 0.25) is 5.02 Å². The maximum Gasteiger partial charge on any atom is 0.340 e. The van der Waals surface area contributed by atoms with Crippen LogP contribution in [0.4, 0.5) is 5.69 Å². The third-order valence-corrected chi connectivity index (χ3v) is 2.41. The SMILES string of the molecule is Cn1nnc(COC(=O)c2ccc(N)cc2Cl)n1. The predicted octanol–water partition coefficient (Wildman–Crippen LogP) is 0.803. The fourth-order valence-corrected chi connectivity index (χ4v) is 1.55. The number of hydrogen-bond acceptors (Lipinski definition) is 6. The number of aryl methyl sites for hydroxylation is 1. The number of nitrogens with two attached hydrogens (primary N) is 1. The number of carbonyl (C=O) groups is 1. The van der Waals surface area contributed by atoms with Crippen LogP contribution in [-0.2, 0) is 18.4 Å². The van der Waals surface area contributed by atoms with Crippen LogP contribution in [0.15, 0.2) is 18.2 Å². The van der Waals surface area contributed by atoms with Gasteiger partial charge in [0.05, 0.1) is 17.6 Å². The van der Waals surface area contributed by atoms with Crippen LogP contribution in [0.5, 0.6) is 0 Å². The van der Waals surface area contributed by atoms with Gasteiger partial charge in [-0.1, -0.05) is 11.6 Å². The molecule has 1 aromatic carbocycles. The summed E-state index contributed by atoms with van der Waals surface area (Å²) >= 11 is 5.88. The van der Waals surface area contributed by atoms with Crippen molar-refractivity contribution >= 4 is 23.3 Å². The fraction of sp³-hybridized carbons (Fsp3) is 0.200. The first-order chi connectivity index (χ1) is 8.56. The molecule has 0 aliphatic carbocycles. The van der Waals surface area contributed by atoms with Crippen LogP contribution >= 0.6 is 11.6 Å². The molecule has 0 unspecified atom stereocenters. The highest BCUT2D eigenvalue weighted by Gasteiger charge is 2.13. The Labute approximate surface area is 107 Å². The quantitative estimate of drug-likeness (QED) is 0.653. The van der Waals surface area contributed by atoms with Crippen molar-refractivity contribution in [2.75, 3.05) is 5.73 Å². The van der Waals surface area contributed by atoms with E-state index in [9.17, 15) is 4.79 Å². The van der Waals surface area contributed by atoms with Gasteiger partial charge < -0.3 is 10.5 Å². The molecule has 1 heterocycles. The van der Waals surface area contributed by atoms with Crippen molar-refractivity contribution in [1.29, 1.82) is 0 Å². The van der Waals surface area contributed by atoms with Gasteiger partial charge in [-0.25, -0.2) is 4.79 Å². The minimum Gasteiger partial charge on any atom is -0.454 e. The second-order valence-corrected chi connectivity index (χ2v) is 3.92. The molecule has 0 saturated carbocycles. The van der Waals surface area contributed by atoms with Crippen LogP contribution in [0.1, 0.15) is 16.2 Å². The van der Waals surface area contributed by atoms with Crippen LogP contribution in [0.25, 0.3) is 0 Å². The molecule has 0 bridgehead atoms. The van der Waals surface area contributed by atoms with Gasteiger partial charge in [0, 0.05) is 5.69 Å². The third-order valence-electron chi connectivity index (χ3n) is 2.10. The Hall–Kier alpha value is -2.15. The Kier molecular flexibility index (Phi) is 3.42. The summed E-state index contributed by atoms with van der Waals surface area (Å²) in [5.41, 5.74) is 6.25. The Morgan fingerprint density at radius 1 is 1.56 bits per heavy atom. The normalized spacial score (nSPS) is 10.3. The van der Waals surface area contributed by atoms with E-state index in [1.54, 1.807) is 13.1 Å². The molecule has 0 spiro atoms. The molecule has 0 amide bonds. The van der Waals surface area contributed by atoms with Crippen molar-refractivity contribution in [1.82, 2.24) is 20.2 Å². The minimum atomic E-state index is -0.563. The fourth-order valence-electron chi connectivity index (χ4n) is 1.29. The van der Waals surface area contributed by atoms with Crippen LogP contribution in [-0.4, -0.2) is 26.2 Å². The Morgan fingerprint density at radius 2 is 2.33 bits per heavy atom. The van der Waals surface area contributed by atoms with E-state index >= 15 is 0 Å². The van der Waals surface area contributed by atoms with E-state index in [0.717, 1.165) is 0 Å². The highest BCUT2D eigenvalue weighted by atomic mass is 35.5. The van der Waals surface area contributed by atoms with Crippen LogP contribution < -0.4 is 5.73 Å². The number of hydrogen-bond donors (Lipinski definition) is 1. The molecule has 0 aliphatic heterocycles. The monoisotopic (exact) mass is 267 g/mol. The van der Waals surface area contributed by atoms with E-state index in [2.05, 4.69) is 15.4 Å². The second-order valence-electron chi connectivity index (χ2n) is 3.51. The maximum atomic E-state index is 11.7. The van der Waals surface area contributed by atoms with E-state index < -0.39 is 5.97 Å². The van der Waals surface area contributed by atoms with E-state index in [-0.39, 0.29) is 17.2 Å². The number of carbonyl (C=O) groups excluding carboxylic acids is 1. The van der Waals surface area contributed by atoms with Gasteiger partial charge in [0.15, 0.2) is 6.61 Å². The summed E-state index contributed by atoms with van der Waals surface area (Å²) in [5.74, 6) is -0.245. The van der Waals surface area contributed by atoms with Crippen molar-refractivity contribution in [3.63, 3.8) is 0 Å². The number of rotatable bonds is 3. The lowest BCUT2D eigenvalue weighted by Crippen LogP contribution is -2.07. The molecule has 18 heavy (non-hydrogen) atoms. The lowest BCUT2D eigenvalue weighted by atomic mass is 10.2. The first-order valence-electron chi connectivity index (χ1n) is 5.01. The molecule has 0 atom stereocenters. The summed E-state index contributed by atoms with van der Waals surface area (Å²) in [6.45, 7) is -0.0621. The molecule has 94 valence electrons. The van der Waals surface area contributed by atoms with Gasteiger partial charge in [0.25, 0.3) is 0 Å². The van der Waals surface area contributed by atoms with Gasteiger partial charge in [-0.05, 0) is 23.4 Å². The minimum absolute atomic E-state index is 0.0621. The highest BCUT2D eigenvalue weighted by Crippen LogP contribution is 2.20.